The fourth-order valence-electron chi connectivity index (χ4n) is 3.06. The van der Waals surface area contributed by atoms with Crippen molar-refractivity contribution in [1.29, 1.82) is 0 Å². The van der Waals surface area contributed by atoms with Gasteiger partial charge in [0.1, 0.15) is 0 Å². The number of aromatic amines is 2. The van der Waals surface area contributed by atoms with Crippen molar-refractivity contribution in [3.05, 3.63) is 169 Å². The molecule has 0 bridgehead atoms. The lowest BCUT2D eigenvalue weighted by molar-refractivity contribution is 0.810. The van der Waals surface area contributed by atoms with E-state index in [0.717, 1.165) is 0 Å². The van der Waals surface area contributed by atoms with Crippen molar-refractivity contribution in [1.82, 2.24) is 30.4 Å². The molecule has 2 N–H and O–H groups in total. The molecule has 0 radical (unpaired) electrons. The van der Waals surface area contributed by atoms with Crippen LogP contribution >= 0.6 is 0 Å². The second-order valence-corrected chi connectivity index (χ2v) is 10.1. The molecule has 0 amide bonds. The number of benzene rings is 2. The molecule has 0 aliphatic rings. The molecule has 4 heterocycles. The summed E-state index contributed by atoms with van der Waals surface area (Å²) in [5, 5.41) is 12.9. The molecule has 6 heteroatoms. The Balaban J connectivity index is 0.000000261. The number of rotatable bonds is 3. The van der Waals surface area contributed by atoms with Gasteiger partial charge in [0.05, 0.1) is 0 Å². The number of hydrogen-bond acceptors (Lipinski definition) is 4. The van der Waals surface area contributed by atoms with Gasteiger partial charge >= 0.3 is 0 Å². The molecular weight excluding hydrogens is 528 g/mol. The van der Waals surface area contributed by atoms with Crippen LogP contribution in [0.1, 0.15) is 76.1 Å². The Morgan fingerprint density at radius 1 is 0.442 bits per heavy atom. The minimum Gasteiger partial charge on any atom is -0.286 e. The van der Waals surface area contributed by atoms with Gasteiger partial charge < -0.3 is 0 Å². The standard InChI is InChI=1S/C9H12.C8H11N.C6H10N2.C6H6.C5H5N.C3H4N2/c1-8(2)9-6-4-3-5-7-9;1-7(2)8-4-3-5-9-6-8;1-5(2)6-3-4-7-8-6;2*1-2-4-6-5-3-1;1-2-4-5-3-1/h3-8H,1-2H3;3-7H,1-2H3;3-5H,1-2H3,(H,7,8);1-6H;1-5H;1-3H,(H,4,5). The normalized spacial score (nSPS) is 9.33. The van der Waals surface area contributed by atoms with Crippen molar-refractivity contribution < 1.29 is 0 Å². The summed E-state index contributed by atoms with van der Waals surface area (Å²) >= 11 is 0. The first-order chi connectivity index (χ1) is 20.9. The first-order valence-electron chi connectivity index (χ1n) is 14.6. The summed E-state index contributed by atoms with van der Waals surface area (Å²) in [6, 6.07) is 36.1. The third kappa shape index (κ3) is 20.7. The van der Waals surface area contributed by atoms with Crippen LogP contribution in [0, 0.1) is 0 Å². The van der Waals surface area contributed by atoms with Crippen molar-refractivity contribution in [2.75, 3.05) is 0 Å². The zero-order chi connectivity index (χ0) is 31.4. The summed E-state index contributed by atoms with van der Waals surface area (Å²) in [6.07, 6.45) is 12.4. The van der Waals surface area contributed by atoms with Crippen LogP contribution in [0.5, 0.6) is 0 Å². The lowest BCUT2D eigenvalue weighted by atomic mass is 10.0. The minimum atomic E-state index is 0.567. The Labute approximate surface area is 258 Å². The molecule has 0 saturated carbocycles. The fourth-order valence-corrected chi connectivity index (χ4v) is 3.06. The highest BCUT2D eigenvalue weighted by molar-refractivity contribution is 5.17. The zero-order valence-corrected chi connectivity index (χ0v) is 26.5. The third-order valence-corrected chi connectivity index (χ3v) is 5.60. The van der Waals surface area contributed by atoms with Gasteiger partial charge in [-0.25, -0.2) is 0 Å². The Morgan fingerprint density at radius 2 is 0.977 bits per heavy atom. The highest BCUT2D eigenvalue weighted by Crippen LogP contribution is 2.12. The molecule has 0 unspecified atom stereocenters. The maximum absolute atomic E-state index is 4.01. The number of pyridine rings is 2. The van der Waals surface area contributed by atoms with E-state index in [9.17, 15) is 0 Å². The van der Waals surface area contributed by atoms with Crippen LogP contribution in [0.3, 0.4) is 0 Å². The summed E-state index contributed by atoms with van der Waals surface area (Å²) < 4.78 is 0. The molecule has 0 spiro atoms. The lowest BCUT2D eigenvalue weighted by Crippen LogP contribution is -1.85. The van der Waals surface area contributed by atoms with Crippen LogP contribution in [-0.4, -0.2) is 30.4 Å². The largest absolute Gasteiger partial charge is 0.286 e. The molecule has 226 valence electrons. The maximum atomic E-state index is 4.01. The third-order valence-electron chi connectivity index (χ3n) is 5.60. The van der Waals surface area contributed by atoms with Crippen molar-refractivity contribution in [2.45, 2.75) is 59.3 Å². The maximum Gasteiger partial charge on any atom is 0.0490 e. The van der Waals surface area contributed by atoms with E-state index in [4.69, 9.17) is 0 Å². The quantitative estimate of drug-likeness (QED) is 0.220. The highest BCUT2D eigenvalue weighted by atomic mass is 15.1. The average Bonchev–Trinajstić information content (AvgIpc) is 3.83. The number of H-pyrrole nitrogens is 2. The molecule has 0 saturated heterocycles. The fraction of sp³-hybridized carbons (Fsp3) is 0.243. The first-order valence-corrected chi connectivity index (χ1v) is 14.6. The van der Waals surface area contributed by atoms with E-state index in [1.54, 1.807) is 37.2 Å². The molecule has 0 aliphatic heterocycles. The monoisotopic (exact) mass is 576 g/mol. The van der Waals surface area contributed by atoms with Crippen LogP contribution in [0.25, 0.3) is 0 Å². The van der Waals surface area contributed by atoms with E-state index in [-0.39, 0.29) is 0 Å². The van der Waals surface area contributed by atoms with Crippen LogP contribution in [0.4, 0.5) is 0 Å². The summed E-state index contributed by atoms with van der Waals surface area (Å²) in [6.45, 7) is 13.0. The second-order valence-electron chi connectivity index (χ2n) is 10.1. The van der Waals surface area contributed by atoms with Gasteiger partial charge in [0.15, 0.2) is 0 Å². The van der Waals surface area contributed by atoms with E-state index in [1.807, 2.05) is 85.1 Å². The predicted octanol–water partition coefficient (Wildman–Crippen LogP) is 9.73. The van der Waals surface area contributed by atoms with Crippen molar-refractivity contribution >= 4 is 0 Å². The van der Waals surface area contributed by atoms with E-state index in [0.29, 0.717) is 17.8 Å². The molecule has 6 rings (SSSR count). The van der Waals surface area contributed by atoms with Crippen molar-refractivity contribution in [2.24, 2.45) is 0 Å². The highest BCUT2D eigenvalue weighted by Gasteiger charge is 1.96. The Morgan fingerprint density at radius 3 is 1.23 bits per heavy atom. The van der Waals surface area contributed by atoms with Crippen molar-refractivity contribution in [3.8, 4) is 0 Å². The smallest absolute Gasteiger partial charge is 0.0490 e. The van der Waals surface area contributed by atoms with Gasteiger partial charge in [-0.05, 0) is 59.2 Å². The van der Waals surface area contributed by atoms with Gasteiger partial charge in [0.25, 0.3) is 0 Å². The van der Waals surface area contributed by atoms with Gasteiger partial charge in [-0.15, -0.1) is 0 Å². The Bertz CT molecular complexity index is 1160. The Hall–Kier alpha value is -4.84. The minimum absolute atomic E-state index is 0.567. The molecule has 6 nitrogen and oxygen atoms in total. The van der Waals surface area contributed by atoms with Gasteiger partial charge in [-0.3, -0.25) is 20.2 Å². The van der Waals surface area contributed by atoms with Crippen LogP contribution < -0.4 is 0 Å². The van der Waals surface area contributed by atoms with E-state index in [1.165, 1.54) is 16.8 Å². The van der Waals surface area contributed by atoms with Gasteiger partial charge in [0.2, 0.25) is 0 Å². The van der Waals surface area contributed by atoms with Gasteiger partial charge in [0, 0.05) is 49.1 Å². The zero-order valence-electron chi connectivity index (χ0n) is 26.5. The molecule has 0 fully saturated rings. The molecule has 4 aromatic heterocycles. The number of nitrogens with zero attached hydrogens (tertiary/aromatic N) is 4. The average molecular weight is 577 g/mol. The Kier molecular flexibility index (Phi) is 21.0. The van der Waals surface area contributed by atoms with Crippen LogP contribution in [0.15, 0.2) is 153 Å². The number of hydrogen-bond donors (Lipinski definition) is 2. The van der Waals surface area contributed by atoms with Gasteiger partial charge in [-0.1, -0.05) is 120 Å². The van der Waals surface area contributed by atoms with Crippen LogP contribution in [-0.2, 0) is 0 Å². The van der Waals surface area contributed by atoms with Crippen LogP contribution in [0.2, 0.25) is 0 Å². The SMILES string of the molecule is CC(C)c1ccccc1.CC(C)c1cccnc1.CC(C)c1ccn[nH]1.c1ccccc1.c1ccncc1.c1cn[nH]c1. The predicted molar refractivity (Wildman–Crippen MR) is 181 cm³/mol. The molecular formula is C37H48N6. The first kappa shape index (κ1) is 36.2. The molecule has 2 aromatic carbocycles. The molecule has 0 atom stereocenters. The topological polar surface area (TPSA) is 83.1 Å². The summed E-state index contributed by atoms with van der Waals surface area (Å²) in [7, 11) is 0. The summed E-state index contributed by atoms with van der Waals surface area (Å²) in [5.74, 6) is 1.82. The van der Waals surface area contributed by atoms with E-state index >= 15 is 0 Å². The second kappa shape index (κ2) is 24.9. The number of nitrogens with one attached hydrogen (secondary N) is 2. The summed E-state index contributed by atoms with van der Waals surface area (Å²) in [4.78, 5) is 7.79. The molecule has 0 aliphatic carbocycles. The van der Waals surface area contributed by atoms with Crippen molar-refractivity contribution in [3.63, 3.8) is 0 Å². The van der Waals surface area contributed by atoms with Gasteiger partial charge in [-0.2, -0.15) is 10.2 Å². The van der Waals surface area contributed by atoms with E-state index < -0.39 is 0 Å². The molecule has 43 heavy (non-hydrogen) atoms. The van der Waals surface area contributed by atoms with E-state index in [2.05, 4.69) is 102 Å². The number of aromatic nitrogens is 6. The summed E-state index contributed by atoms with van der Waals surface area (Å²) in [5.41, 5.74) is 3.92. The lowest BCUT2D eigenvalue weighted by Gasteiger charge is -2.01. The molecule has 6 aromatic rings.